The average molecular weight is 329 g/mol. The Kier molecular flexibility index (Phi) is 3.61. The number of carbonyl (C=O) groups is 1. The summed E-state index contributed by atoms with van der Waals surface area (Å²) in [5.74, 6) is 0.648. The van der Waals surface area contributed by atoms with Crippen LogP contribution in [0.5, 0.6) is 0 Å². The van der Waals surface area contributed by atoms with Crippen molar-refractivity contribution < 1.29 is 4.79 Å². The molecule has 4 nitrogen and oxygen atoms in total. The van der Waals surface area contributed by atoms with E-state index in [0.29, 0.717) is 12.3 Å². The SMILES string of the molecule is CC1(C)N=C2C(Cc3ccccc3)=NC(c3ccccc3)=CN2C1=O. The van der Waals surface area contributed by atoms with E-state index in [1.54, 1.807) is 11.1 Å². The second-order valence-electron chi connectivity index (χ2n) is 6.77. The van der Waals surface area contributed by atoms with Gasteiger partial charge in [0.25, 0.3) is 5.91 Å². The first-order valence-corrected chi connectivity index (χ1v) is 8.37. The molecule has 0 saturated carbocycles. The van der Waals surface area contributed by atoms with Crippen molar-refractivity contribution in [3.05, 3.63) is 78.0 Å². The van der Waals surface area contributed by atoms with Crippen LogP contribution in [0.3, 0.4) is 0 Å². The summed E-state index contributed by atoms with van der Waals surface area (Å²) in [5, 5.41) is 0. The highest BCUT2D eigenvalue weighted by Crippen LogP contribution is 2.30. The average Bonchev–Trinajstić information content (AvgIpc) is 2.87. The normalized spacial score (nSPS) is 18.4. The first-order chi connectivity index (χ1) is 12.0. The van der Waals surface area contributed by atoms with Gasteiger partial charge in [-0.05, 0) is 19.4 Å². The standard InChI is InChI=1S/C21H19N3O/c1-21(2)20(25)24-14-18(16-11-7-4-8-12-16)22-17(19(24)23-21)13-15-9-5-3-6-10-15/h3-12,14H,13H2,1-2H3. The number of aliphatic imine (C=N–C) groups is 2. The third-order valence-corrected chi connectivity index (χ3v) is 4.40. The highest BCUT2D eigenvalue weighted by atomic mass is 16.2. The Morgan fingerprint density at radius 2 is 1.60 bits per heavy atom. The third-order valence-electron chi connectivity index (χ3n) is 4.40. The first-order valence-electron chi connectivity index (χ1n) is 8.37. The summed E-state index contributed by atoms with van der Waals surface area (Å²) in [7, 11) is 0. The van der Waals surface area contributed by atoms with Gasteiger partial charge in [-0.3, -0.25) is 9.69 Å². The van der Waals surface area contributed by atoms with Gasteiger partial charge in [0.15, 0.2) is 5.84 Å². The Morgan fingerprint density at radius 1 is 0.960 bits per heavy atom. The van der Waals surface area contributed by atoms with Crippen LogP contribution < -0.4 is 0 Å². The van der Waals surface area contributed by atoms with Gasteiger partial charge in [0, 0.05) is 18.2 Å². The van der Waals surface area contributed by atoms with Crippen molar-refractivity contribution >= 4 is 23.2 Å². The summed E-state index contributed by atoms with van der Waals surface area (Å²) in [6.07, 6.45) is 2.45. The second-order valence-corrected chi connectivity index (χ2v) is 6.77. The Labute approximate surface area is 147 Å². The molecule has 0 saturated heterocycles. The summed E-state index contributed by atoms with van der Waals surface area (Å²) >= 11 is 0. The summed E-state index contributed by atoms with van der Waals surface area (Å²) in [5.41, 5.74) is 3.00. The maximum Gasteiger partial charge on any atom is 0.259 e. The van der Waals surface area contributed by atoms with Crippen LogP contribution in [0.15, 0.2) is 76.8 Å². The van der Waals surface area contributed by atoms with Crippen LogP contribution >= 0.6 is 0 Å². The van der Waals surface area contributed by atoms with Gasteiger partial charge in [0.2, 0.25) is 0 Å². The van der Waals surface area contributed by atoms with Crippen LogP contribution in [0.2, 0.25) is 0 Å². The van der Waals surface area contributed by atoms with Crippen molar-refractivity contribution in [1.82, 2.24) is 4.90 Å². The molecule has 0 spiro atoms. The highest BCUT2D eigenvalue weighted by molar-refractivity contribution is 6.47. The Bertz CT molecular complexity index is 909. The maximum atomic E-state index is 12.7. The minimum absolute atomic E-state index is 0.0172. The molecule has 4 rings (SSSR count). The predicted octanol–water partition coefficient (Wildman–Crippen LogP) is 3.70. The quantitative estimate of drug-likeness (QED) is 0.847. The molecule has 0 aliphatic carbocycles. The van der Waals surface area contributed by atoms with Crippen molar-refractivity contribution in [3.8, 4) is 0 Å². The molecule has 2 aromatic rings. The third kappa shape index (κ3) is 2.80. The van der Waals surface area contributed by atoms with E-state index in [0.717, 1.165) is 22.5 Å². The molecular formula is C21H19N3O. The zero-order valence-electron chi connectivity index (χ0n) is 14.3. The van der Waals surface area contributed by atoms with Crippen LogP contribution in [-0.4, -0.2) is 27.9 Å². The fourth-order valence-corrected chi connectivity index (χ4v) is 3.08. The molecule has 4 heteroatoms. The summed E-state index contributed by atoms with van der Waals surface area (Å²) in [6.45, 7) is 3.69. The van der Waals surface area contributed by atoms with Gasteiger partial charge in [-0.2, -0.15) is 0 Å². The van der Waals surface area contributed by atoms with Crippen LogP contribution in [-0.2, 0) is 11.2 Å². The topological polar surface area (TPSA) is 45.0 Å². The monoisotopic (exact) mass is 329 g/mol. The van der Waals surface area contributed by atoms with Crippen molar-refractivity contribution in [1.29, 1.82) is 0 Å². The molecule has 25 heavy (non-hydrogen) atoms. The van der Waals surface area contributed by atoms with E-state index in [1.807, 2.05) is 62.4 Å². The van der Waals surface area contributed by atoms with Crippen LogP contribution in [0.1, 0.15) is 25.0 Å². The molecule has 2 aliphatic heterocycles. The van der Waals surface area contributed by atoms with Crippen molar-refractivity contribution in [2.45, 2.75) is 25.8 Å². The molecule has 1 amide bonds. The van der Waals surface area contributed by atoms with E-state index in [4.69, 9.17) is 4.99 Å². The van der Waals surface area contributed by atoms with Gasteiger partial charge in [-0.1, -0.05) is 60.7 Å². The van der Waals surface area contributed by atoms with E-state index in [2.05, 4.69) is 17.1 Å². The largest absolute Gasteiger partial charge is 0.271 e. The number of amidine groups is 1. The lowest BCUT2D eigenvalue weighted by atomic mass is 10.0. The zero-order valence-corrected chi connectivity index (χ0v) is 14.3. The molecule has 124 valence electrons. The van der Waals surface area contributed by atoms with Crippen molar-refractivity contribution in [3.63, 3.8) is 0 Å². The van der Waals surface area contributed by atoms with Gasteiger partial charge in [0.05, 0.1) is 11.4 Å². The lowest BCUT2D eigenvalue weighted by Crippen LogP contribution is -2.40. The van der Waals surface area contributed by atoms with Gasteiger partial charge < -0.3 is 0 Å². The highest BCUT2D eigenvalue weighted by Gasteiger charge is 2.43. The second kappa shape index (κ2) is 5.81. The smallest absolute Gasteiger partial charge is 0.259 e. The van der Waals surface area contributed by atoms with Crippen LogP contribution in [0, 0.1) is 0 Å². The number of nitrogens with zero attached hydrogens (tertiary/aromatic N) is 3. The number of fused-ring (bicyclic) bond motifs is 1. The Hall–Kier alpha value is -3.01. The number of benzene rings is 2. The molecule has 2 heterocycles. The van der Waals surface area contributed by atoms with Crippen molar-refractivity contribution in [2.24, 2.45) is 9.98 Å². The predicted molar refractivity (Wildman–Crippen MR) is 100 cm³/mol. The van der Waals surface area contributed by atoms with Gasteiger partial charge >= 0.3 is 0 Å². The van der Waals surface area contributed by atoms with E-state index in [9.17, 15) is 4.79 Å². The van der Waals surface area contributed by atoms with Gasteiger partial charge in [-0.25, -0.2) is 9.98 Å². The number of amides is 1. The van der Waals surface area contributed by atoms with E-state index >= 15 is 0 Å². The minimum atomic E-state index is -0.755. The number of hydrogen-bond donors (Lipinski definition) is 0. The number of rotatable bonds is 3. The number of carbonyl (C=O) groups excluding carboxylic acids is 1. The van der Waals surface area contributed by atoms with E-state index in [-0.39, 0.29) is 5.91 Å². The van der Waals surface area contributed by atoms with Crippen LogP contribution in [0.4, 0.5) is 0 Å². The first kappa shape index (κ1) is 15.5. The Morgan fingerprint density at radius 3 is 2.28 bits per heavy atom. The fraction of sp³-hybridized carbons (Fsp3) is 0.190. The molecule has 0 unspecified atom stereocenters. The number of hydrogen-bond acceptors (Lipinski definition) is 3. The van der Waals surface area contributed by atoms with Crippen LogP contribution in [0.25, 0.3) is 5.70 Å². The maximum absolute atomic E-state index is 12.7. The van der Waals surface area contributed by atoms with Gasteiger partial charge in [0.1, 0.15) is 5.54 Å². The molecule has 0 N–H and O–H groups in total. The van der Waals surface area contributed by atoms with E-state index in [1.165, 1.54) is 0 Å². The fourth-order valence-electron chi connectivity index (χ4n) is 3.08. The summed E-state index contributed by atoms with van der Waals surface area (Å²) in [6, 6.07) is 20.1. The molecule has 2 aromatic carbocycles. The zero-order chi connectivity index (χ0) is 17.4. The molecule has 2 aliphatic rings. The molecule has 0 radical (unpaired) electrons. The summed E-state index contributed by atoms with van der Waals surface area (Å²) in [4.78, 5) is 23.9. The molecule has 0 aromatic heterocycles. The lowest BCUT2D eigenvalue weighted by Gasteiger charge is -2.23. The molecular weight excluding hydrogens is 310 g/mol. The molecule has 0 fully saturated rings. The molecule has 0 atom stereocenters. The summed E-state index contributed by atoms with van der Waals surface area (Å²) < 4.78 is 0. The lowest BCUT2D eigenvalue weighted by molar-refractivity contribution is -0.128. The van der Waals surface area contributed by atoms with Gasteiger partial charge in [-0.15, -0.1) is 0 Å². The Balaban J connectivity index is 1.79. The van der Waals surface area contributed by atoms with Crippen molar-refractivity contribution in [2.75, 3.05) is 0 Å². The minimum Gasteiger partial charge on any atom is -0.271 e. The van der Waals surface area contributed by atoms with E-state index < -0.39 is 5.54 Å². The molecule has 0 bridgehead atoms.